The minimum atomic E-state index is -3.86. The van der Waals surface area contributed by atoms with Crippen molar-refractivity contribution in [2.45, 2.75) is 195 Å². The number of esters is 2. The fraction of sp³-hybridized carbons (Fsp3) is 0.627. The summed E-state index contributed by atoms with van der Waals surface area (Å²) in [6.45, 7) is 29.7. The molecule has 3 aliphatic heterocycles. The third-order valence-electron chi connectivity index (χ3n) is 16.9. The Bertz CT molecular complexity index is 2540. The van der Waals surface area contributed by atoms with Crippen molar-refractivity contribution < 1.29 is 55.3 Å². The number of benzene rings is 3. The first-order valence-electron chi connectivity index (χ1n) is 27.2. The minimum absolute atomic E-state index is 0.0295. The third kappa shape index (κ3) is 16.9. The summed E-state index contributed by atoms with van der Waals surface area (Å²) in [7, 11) is -6.82. The molecule has 3 aromatic rings. The molecule has 18 heteroatoms. The molecule has 3 saturated heterocycles. The van der Waals surface area contributed by atoms with Gasteiger partial charge in [0.25, 0.3) is 0 Å². The minimum Gasteiger partial charge on any atom is -0.462 e. The van der Waals surface area contributed by atoms with E-state index in [2.05, 4.69) is 136 Å². The molecule has 0 N–H and O–H groups in total. The van der Waals surface area contributed by atoms with Crippen LogP contribution in [0.15, 0.2) is 105 Å². The van der Waals surface area contributed by atoms with E-state index >= 15 is 0 Å². The standard InChI is InChI=1S/C59H85Br2IO12SSi2/c1-39(32-45-29-30-53-59(38-62,73-45)35-46(70-53)18-17-31-68-55(63)41-21-25-43(60)26-22-41)40(2)50(72-56(64)42-23-27-44(61)28-24-42)34-51-49(37-75(65,66)48-19-15-14-16-20-48)54(67-9)52(71-51)33-47(74-77(12,13)58(6,7)8)36-69-76(10,11)57(3,4)5/h14-16,19-28,39,45-47,49-54H,2,17-18,29-38H2,1,3-13H3/t39-,45?,46+,47?,49+,50-,51+,52-,53+,54-,59-/m1/s1. The molecule has 0 spiro atoms. The van der Waals surface area contributed by atoms with Gasteiger partial charge in [0.15, 0.2) is 26.5 Å². The number of halogens is 3. The summed E-state index contributed by atoms with van der Waals surface area (Å²) in [6, 6.07) is 22.6. The van der Waals surface area contributed by atoms with Crippen LogP contribution in [0.1, 0.15) is 121 Å². The highest BCUT2D eigenvalue weighted by atomic mass is 127. The lowest BCUT2D eigenvalue weighted by Crippen LogP contribution is -2.50. The highest BCUT2D eigenvalue weighted by Crippen LogP contribution is 2.47. The third-order valence-corrected chi connectivity index (χ3v) is 30.1. The maximum absolute atomic E-state index is 14.5. The van der Waals surface area contributed by atoms with Crippen molar-refractivity contribution in [1.29, 1.82) is 0 Å². The number of ether oxygens (including phenoxy) is 6. The maximum Gasteiger partial charge on any atom is 0.338 e. The van der Waals surface area contributed by atoms with Crippen molar-refractivity contribution in [3.05, 3.63) is 111 Å². The molecule has 2 unspecified atom stereocenters. The monoisotopic (exact) mass is 1360 g/mol. The van der Waals surface area contributed by atoms with Crippen LogP contribution < -0.4 is 0 Å². The Morgan fingerprint density at radius 1 is 0.805 bits per heavy atom. The zero-order valence-electron chi connectivity index (χ0n) is 47.4. The molecular weight excluding hydrogens is 1280 g/mol. The largest absolute Gasteiger partial charge is 0.462 e. The predicted octanol–water partition coefficient (Wildman–Crippen LogP) is 14.5. The SMILES string of the molecule is C=C([C@H](C)CC1CC[C@@H]2O[C@@H](CCCOC(=O)c3ccc(Br)cc3)C[C@]2(CI)O1)[C@@H](C[C@@H]1O[C@H](CC(CO[Si](C)(C)C(C)(C)C)O[Si](C)(C)C(C)(C)C)[C@H](OC)[C@H]1CS(=O)(=O)c1ccccc1)OC(=O)c1ccc(Br)cc1. The van der Waals surface area contributed by atoms with Crippen LogP contribution in [0.3, 0.4) is 0 Å². The van der Waals surface area contributed by atoms with Crippen LogP contribution in [0, 0.1) is 11.8 Å². The van der Waals surface area contributed by atoms with Gasteiger partial charge in [0.05, 0.1) is 77.7 Å². The van der Waals surface area contributed by atoms with Gasteiger partial charge in [0, 0.05) is 45.7 Å². The van der Waals surface area contributed by atoms with Gasteiger partial charge in [-0.2, -0.15) is 0 Å². The molecule has 11 atom stereocenters. The summed E-state index contributed by atoms with van der Waals surface area (Å²) in [4.78, 5) is 27.1. The van der Waals surface area contributed by atoms with Gasteiger partial charge < -0.3 is 37.3 Å². The van der Waals surface area contributed by atoms with Crippen molar-refractivity contribution in [3.63, 3.8) is 0 Å². The molecule has 0 radical (unpaired) electrons. The van der Waals surface area contributed by atoms with Crippen LogP contribution in [0.25, 0.3) is 0 Å². The average molecular weight is 1360 g/mol. The van der Waals surface area contributed by atoms with Gasteiger partial charge in [-0.05, 0) is 141 Å². The van der Waals surface area contributed by atoms with E-state index in [1.54, 1.807) is 73.8 Å². The Balaban J connectivity index is 1.24. The van der Waals surface area contributed by atoms with Crippen molar-refractivity contribution in [2.24, 2.45) is 11.8 Å². The highest BCUT2D eigenvalue weighted by Gasteiger charge is 2.53. The molecule has 3 aromatic carbocycles. The maximum atomic E-state index is 14.5. The van der Waals surface area contributed by atoms with Gasteiger partial charge in [-0.3, -0.25) is 0 Å². The Labute approximate surface area is 493 Å². The molecule has 0 aromatic heterocycles. The normalized spacial score (nSPS) is 25.4. The van der Waals surface area contributed by atoms with Gasteiger partial charge in [0.1, 0.15) is 11.7 Å². The second kappa shape index (κ2) is 27.0. The average Bonchev–Trinajstić information content (AvgIpc) is 3.89. The van der Waals surface area contributed by atoms with E-state index in [1.165, 1.54) is 0 Å². The number of carbonyl (C=O) groups excluding carboxylic acids is 2. The van der Waals surface area contributed by atoms with E-state index in [4.69, 9.17) is 37.3 Å². The number of rotatable bonds is 25. The molecule has 0 aliphatic carbocycles. The molecule has 0 bridgehead atoms. The van der Waals surface area contributed by atoms with Crippen LogP contribution in [-0.4, -0.2) is 122 Å². The smallest absolute Gasteiger partial charge is 0.338 e. The van der Waals surface area contributed by atoms with Gasteiger partial charge in [-0.15, -0.1) is 0 Å². The summed E-state index contributed by atoms with van der Waals surface area (Å²) >= 11 is 9.32. The number of carbonyl (C=O) groups is 2. The fourth-order valence-electron chi connectivity index (χ4n) is 10.2. The van der Waals surface area contributed by atoms with E-state index in [0.717, 1.165) is 39.1 Å². The van der Waals surface area contributed by atoms with E-state index in [0.29, 0.717) is 49.2 Å². The van der Waals surface area contributed by atoms with E-state index < -0.39 is 68.4 Å². The highest BCUT2D eigenvalue weighted by molar-refractivity contribution is 14.1. The summed E-state index contributed by atoms with van der Waals surface area (Å²) in [5, 5.41) is -0.122. The Kier molecular flexibility index (Phi) is 22.6. The Morgan fingerprint density at radius 2 is 1.40 bits per heavy atom. The van der Waals surface area contributed by atoms with Crippen LogP contribution >= 0.6 is 54.5 Å². The summed E-state index contributed by atoms with van der Waals surface area (Å²) in [6.07, 6.45) is 1.53. The first-order valence-corrected chi connectivity index (χ1v) is 37.8. The molecule has 77 heavy (non-hydrogen) atoms. The van der Waals surface area contributed by atoms with Crippen molar-refractivity contribution in [1.82, 2.24) is 0 Å². The lowest BCUT2D eigenvalue weighted by Gasteiger charge is -2.42. The lowest BCUT2D eigenvalue weighted by molar-refractivity contribution is -0.155. The first-order chi connectivity index (χ1) is 36.0. The van der Waals surface area contributed by atoms with E-state index in [1.807, 2.05) is 12.1 Å². The summed E-state index contributed by atoms with van der Waals surface area (Å²) < 4.78 is 84.9. The second-order valence-corrected chi connectivity index (χ2v) is 38.8. The van der Waals surface area contributed by atoms with Crippen LogP contribution in [-0.2, 0) is 47.1 Å². The zero-order chi connectivity index (χ0) is 56.7. The molecular formula is C59H85Br2IO12SSi2. The van der Waals surface area contributed by atoms with Crippen molar-refractivity contribution in [3.8, 4) is 0 Å². The number of methoxy groups -OCH3 is 1. The molecule has 3 heterocycles. The zero-order valence-corrected chi connectivity index (χ0v) is 55.6. The first kappa shape index (κ1) is 64.3. The second-order valence-electron chi connectivity index (χ2n) is 24.6. The molecule has 12 nitrogen and oxygen atoms in total. The van der Waals surface area contributed by atoms with Crippen LogP contribution in [0.4, 0.5) is 0 Å². The predicted molar refractivity (Wildman–Crippen MR) is 325 cm³/mol. The molecule has 6 rings (SSSR count). The van der Waals surface area contributed by atoms with Gasteiger partial charge >= 0.3 is 11.9 Å². The molecule has 0 saturated carbocycles. The summed E-state index contributed by atoms with van der Waals surface area (Å²) in [5.74, 6) is -1.95. The molecule has 428 valence electrons. The summed E-state index contributed by atoms with van der Waals surface area (Å²) in [5.41, 5.74) is 1.10. The Morgan fingerprint density at radius 3 is 1.97 bits per heavy atom. The van der Waals surface area contributed by atoms with Gasteiger partial charge in [0.2, 0.25) is 0 Å². The Hall–Kier alpha value is -1.83. The number of sulfone groups is 1. The fourth-order valence-corrected chi connectivity index (χ4v) is 15.8. The number of fused-ring (bicyclic) bond motifs is 1. The van der Waals surface area contributed by atoms with Crippen molar-refractivity contribution in [2.75, 3.05) is 30.5 Å². The van der Waals surface area contributed by atoms with Gasteiger partial charge in [-0.25, -0.2) is 18.0 Å². The lowest BCUT2D eigenvalue weighted by atomic mass is 9.83. The number of alkyl halides is 1. The molecule has 3 aliphatic rings. The van der Waals surface area contributed by atoms with Crippen LogP contribution in [0.2, 0.25) is 36.3 Å². The van der Waals surface area contributed by atoms with Crippen molar-refractivity contribution >= 4 is 92.9 Å². The molecule has 0 amide bonds. The number of hydrogen-bond donors (Lipinski definition) is 0. The van der Waals surface area contributed by atoms with E-state index in [-0.39, 0.29) is 63.4 Å². The molecule has 3 fully saturated rings. The van der Waals surface area contributed by atoms with Crippen LogP contribution in [0.5, 0.6) is 0 Å². The number of hydrogen-bond acceptors (Lipinski definition) is 12. The van der Waals surface area contributed by atoms with E-state index in [9.17, 15) is 18.0 Å². The quantitative estimate of drug-likeness (QED) is 0.0199. The topological polar surface area (TPSA) is 142 Å². The van der Waals surface area contributed by atoms with Gasteiger partial charge in [-0.1, -0.05) is 128 Å².